The highest BCUT2D eigenvalue weighted by molar-refractivity contribution is 5.76. The zero-order chi connectivity index (χ0) is 11.8. The smallest absolute Gasteiger partial charge is 0.220 e. The van der Waals surface area contributed by atoms with E-state index < -0.39 is 0 Å². The van der Waals surface area contributed by atoms with Crippen LogP contribution < -0.4 is 5.32 Å². The third kappa shape index (κ3) is 4.98. The topological polar surface area (TPSA) is 62.5 Å². The van der Waals surface area contributed by atoms with Crippen molar-refractivity contribution in [2.75, 3.05) is 6.61 Å². The van der Waals surface area contributed by atoms with E-state index in [4.69, 9.17) is 9.52 Å². The van der Waals surface area contributed by atoms with Gasteiger partial charge < -0.3 is 14.8 Å². The van der Waals surface area contributed by atoms with Crippen LogP contribution in [0.1, 0.15) is 31.9 Å². The predicted octanol–water partition coefficient (Wildman–Crippen LogP) is 1.49. The van der Waals surface area contributed by atoms with Crippen LogP contribution in [0.4, 0.5) is 0 Å². The summed E-state index contributed by atoms with van der Waals surface area (Å²) in [5.41, 5.74) is 0. The normalized spacial score (nSPS) is 12.4. The number of rotatable bonds is 7. The Hall–Kier alpha value is -1.29. The molecule has 0 spiro atoms. The first-order chi connectivity index (χ1) is 7.72. The average Bonchev–Trinajstić information content (AvgIpc) is 2.76. The molecular weight excluding hydrogens is 206 g/mol. The second kappa shape index (κ2) is 7.06. The average molecular weight is 225 g/mol. The van der Waals surface area contributed by atoms with Gasteiger partial charge in [0.2, 0.25) is 5.91 Å². The van der Waals surface area contributed by atoms with Gasteiger partial charge in [-0.25, -0.2) is 0 Å². The van der Waals surface area contributed by atoms with Crippen molar-refractivity contribution in [1.82, 2.24) is 5.32 Å². The van der Waals surface area contributed by atoms with Crippen LogP contribution in [0.15, 0.2) is 22.8 Å². The largest absolute Gasteiger partial charge is 0.469 e. The zero-order valence-corrected chi connectivity index (χ0v) is 9.61. The number of hydrogen-bond acceptors (Lipinski definition) is 3. The molecule has 0 bridgehead atoms. The molecular formula is C12H19NO3. The van der Waals surface area contributed by atoms with E-state index in [1.807, 2.05) is 19.1 Å². The summed E-state index contributed by atoms with van der Waals surface area (Å²) in [7, 11) is 0. The summed E-state index contributed by atoms with van der Waals surface area (Å²) in [5, 5.41) is 11.5. The summed E-state index contributed by atoms with van der Waals surface area (Å²) in [4.78, 5) is 11.3. The van der Waals surface area contributed by atoms with Crippen molar-refractivity contribution < 1.29 is 14.3 Å². The Morgan fingerprint density at radius 2 is 2.44 bits per heavy atom. The lowest BCUT2D eigenvalue weighted by molar-refractivity contribution is -0.122. The summed E-state index contributed by atoms with van der Waals surface area (Å²) in [6.07, 6.45) is 4.25. The van der Waals surface area contributed by atoms with Crippen molar-refractivity contribution >= 4 is 5.91 Å². The fourth-order valence-electron chi connectivity index (χ4n) is 1.47. The summed E-state index contributed by atoms with van der Waals surface area (Å²) < 4.78 is 5.21. The minimum atomic E-state index is 0.000921. The zero-order valence-electron chi connectivity index (χ0n) is 9.61. The first-order valence-electron chi connectivity index (χ1n) is 5.65. The maximum atomic E-state index is 11.3. The molecule has 2 N–H and O–H groups in total. The van der Waals surface area contributed by atoms with Crippen molar-refractivity contribution in [1.29, 1.82) is 0 Å². The Morgan fingerprint density at radius 1 is 1.62 bits per heavy atom. The molecule has 4 heteroatoms. The van der Waals surface area contributed by atoms with E-state index in [-0.39, 0.29) is 18.6 Å². The van der Waals surface area contributed by atoms with Gasteiger partial charge in [-0.3, -0.25) is 4.79 Å². The van der Waals surface area contributed by atoms with Gasteiger partial charge in [0.15, 0.2) is 0 Å². The third-order valence-electron chi connectivity index (χ3n) is 2.37. The highest BCUT2D eigenvalue weighted by atomic mass is 16.3. The summed E-state index contributed by atoms with van der Waals surface area (Å²) in [6, 6.07) is 3.93. The van der Waals surface area contributed by atoms with Crippen LogP contribution in [0.3, 0.4) is 0 Å². The van der Waals surface area contributed by atoms with E-state index in [1.54, 1.807) is 6.26 Å². The number of amides is 1. The molecule has 0 aromatic carbocycles. The Balaban J connectivity index is 2.15. The number of carbonyl (C=O) groups is 1. The molecule has 0 fully saturated rings. The summed E-state index contributed by atoms with van der Waals surface area (Å²) in [6.45, 7) is 2.04. The van der Waals surface area contributed by atoms with E-state index in [2.05, 4.69) is 5.32 Å². The van der Waals surface area contributed by atoms with Crippen LogP contribution in [-0.2, 0) is 11.2 Å². The molecule has 1 amide bonds. The first kappa shape index (κ1) is 12.8. The Morgan fingerprint density at radius 3 is 3.06 bits per heavy atom. The Bertz CT molecular complexity index is 295. The number of carbonyl (C=O) groups excluding carboxylic acids is 1. The number of hydrogen-bond donors (Lipinski definition) is 2. The van der Waals surface area contributed by atoms with Gasteiger partial charge in [0.05, 0.1) is 6.26 Å². The molecule has 90 valence electrons. The fraction of sp³-hybridized carbons (Fsp3) is 0.583. The molecule has 0 radical (unpaired) electrons. The standard InChI is InChI=1S/C12H19NO3/c1-10(13-12(15)5-2-8-14)6-7-11-4-3-9-16-11/h3-4,9-10,14H,2,5-8H2,1H3,(H,13,15). The van der Waals surface area contributed by atoms with E-state index in [0.29, 0.717) is 12.8 Å². The minimum Gasteiger partial charge on any atom is -0.469 e. The van der Waals surface area contributed by atoms with E-state index in [1.165, 1.54) is 0 Å². The first-order valence-corrected chi connectivity index (χ1v) is 5.65. The summed E-state index contributed by atoms with van der Waals surface area (Å²) in [5.74, 6) is 0.942. The van der Waals surface area contributed by atoms with Gasteiger partial charge in [-0.05, 0) is 31.9 Å². The van der Waals surface area contributed by atoms with Crippen LogP contribution in [-0.4, -0.2) is 23.7 Å². The van der Waals surface area contributed by atoms with Crippen molar-refractivity contribution in [2.45, 2.75) is 38.6 Å². The second-order valence-corrected chi connectivity index (χ2v) is 3.91. The number of aliphatic hydroxyl groups is 1. The van der Waals surface area contributed by atoms with Gasteiger partial charge in [0.25, 0.3) is 0 Å². The maximum Gasteiger partial charge on any atom is 0.220 e. The second-order valence-electron chi connectivity index (χ2n) is 3.91. The van der Waals surface area contributed by atoms with Crippen LogP contribution in [0, 0.1) is 0 Å². The molecule has 4 nitrogen and oxygen atoms in total. The monoisotopic (exact) mass is 225 g/mol. The maximum absolute atomic E-state index is 11.3. The van der Waals surface area contributed by atoms with E-state index >= 15 is 0 Å². The Labute approximate surface area is 95.7 Å². The molecule has 1 aromatic heterocycles. The van der Waals surface area contributed by atoms with Gasteiger partial charge in [-0.2, -0.15) is 0 Å². The molecule has 0 saturated heterocycles. The number of furan rings is 1. The molecule has 0 aliphatic carbocycles. The molecule has 1 unspecified atom stereocenters. The SMILES string of the molecule is CC(CCc1ccco1)NC(=O)CCCO. The number of nitrogens with one attached hydrogen (secondary N) is 1. The van der Waals surface area contributed by atoms with Gasteiger partial charge in [0.1, 0.15) is 5.76 Å². The molecule has 1 atom stereocenters. The van der Waals surface area contributed by atoms with Crippen LogP contribution in [0.2, 0.25) is 0 Å². The highest BCUT2D eigenvalue weighted by Crippen LogP contribution is 2.05. The van der Waals surface area contributed by atoms with Crippen molar-refractivity contribution in [3.63, 3.8) is 0 Å². The molecule has 1 heterocycles. The number of aliphatic hydroxyl groups excluding tert-OH is 1. The van der Waals surface area contributed by atoms with Gasteiger partial charge in [0, 0.05) is 25.5 Å². The lowest BCUT2D eigenvalue weighted by Gasteiger charge is -2.12. The van der Waals surface area contributed by atoms with Crippen molar-refractivity contribution in [2.24, 2.45) is 0 Å². The van der Waals surface area contributed by atoms with E-state index in [9.17, 15) is 4.79 Å². The summed E-state index contributed by atoms with van der Waals surface area (Å²) >= 11 is 0. The quantitative estimate of drug-likeness (QED) is 0.739. The van der Waals surface area contributed by atoms with Crippen LogP contribution >= 0.6 is 0 Å². The molecule has 0 saturated carbocycles. The van der Waals surface area contributed by atoms with Crippen molar-refractivity contribution in [3.05, 3.63) is 24.2 Å². The highest BCUT2D eigenvalue weighted by Gasteiger charge is 2.07. The fourth-order valence-corrected chi connectivity index (χ4v) is 1.47. The lowest BCUT2D eigenvalue weighted by atomic mass is 10.1. The van der Waals surface area contributed by atoms with Crippen LogP contribution in [0.25, 0.3) is 0 Å². The molecule has 0 aliphatic heterocycles. The molecule has 0 aliphatic rings. The van der Waals surface area contributed by atoms with Gasteiger partial charge in [-0.1, -0.05) is 0 Å². The Kier molecular flexibility index (Phi) is 5.64. The van der Waals surface area contributed by atoms with Gasteiger partial charge >= 0.3 is 0 Å². The number of aryl methyl sites for hydroxylation is 1. The molecule has 16 heavy (non-hydrogen) atoms. The minimum absolute atomic E-state index is 0.000921. The molecule has 1 aromatic rings. The lowest BCUT2D eigenvalue weighted by Crippen LogP contribution is -2.32. The van der Waals surface area contributed by atoms with Crippen LogP contribution in [0.5, 0.6) is 0 Å². The third-order valence-corrected chi connectivity index (χ3v) is 2.37. The van der Waals surface area contributed by atoms with E-state index in [0.717, 1.165) is 18.6 Å². The molecule has 1 rings (SSSR count). The van der Waals surface area contributed by atoms with Crippen molar-refractivity contribution in [3.8, 4) is 0 Å². The van der Waals surface area contributed by atoms with Gasteiger partial charge in [-0.15, -0.1) is 0 Å². The predicted molar refractivity (Wildman–Crippen MR) is 61.0 cm³/mol.